The van der Waals surface area contributed by atoms with Crippen molar-refractivity contribution in [2.75, 3.05) is 13.7 Å². The SMILES string of the molecule is COc1ccc([C@@H](C)NC[C@@H](O)c2ccco2)c(Br)c1. The van der Waals surface area contributed by atoms with E-state index in [0.29, 0.717) is 12.3 Å². The molecule has 0 aliphatic carbocycles. The van der Waals surface area contributed by atoms with Gasteiger partial charge in [0.25, 0.3) is 0 Å². The number of aliphatic hydroxyl groups is 1. The van der Waals surface area contributed by atoms with Crippen LogP contribution in [0.4, 0.5) is 0 Å². The number of hydrogen-bond donors (Lipinski definition) is 2. The Labute approximate surface area is 126 Å². The standard InChI is InChI=1S/C15H18BrNO3/c1-10(12-6-5-11(19-2)8-13(12)16)17-9-14(18)15-4-3-7-20-15/h3-8,10,14,17-18H,9H2,1-2H3/t10-,14-/m1/s1. The maximum absolute atomic E-state index is 9.97. The van der Waals surface area contributed by atoms with Gasteiger partial charge in [0.05, 0.1) is 13.4 Å². The van der Waals surface area contributed by atoms with Crippen molar-refractivity contribution in [3.8, 4) is 5.75 Å². The van der Waals surface area contributed by atoms with Crippen LogP contribution in [-0.2, 0) is 0 Å². The Morgan fingerprint density at radius 2 is 2.20 bits per heavy atom. The van der Waals surface area contributed by atoms with Crippen LogP contribution in [0, 0.1) is 0 Å². The summed E-state index contributed by atoms with van der Waals surface area (Å²) in [6.07, 6.45) is 0.909. The largest absolute Gasteiger partial charge is 0.497 e. The van der Waals surface area contributed by atoms with Gasteiger partial charge in [-0.3, -0.25) is 0 Å². The summed E-state index contributed by atoms with van der Waals surface area (Å²) in [6, 6.07) is 9.47. The third-order valence-electron chi connectivity index (χ3n) is 3.16. The molecule has 0 saturated carbocycles. The van der Waals surface area contributed by atoms with Gasteiger partial charge in [-0.05, 0) is 36.8 Å². The Morgan fingerprint density at radius 1 is 1.40 bits per heavy atom. The average molecular weight is 340 g/mol. The lowest BCUT2D eigenvalue weighted by Gasteiger charge is -2.18. The minimum Gasteiger partial charge on any atom is -0.497 e. The van der Waals surface area contributed by atoms with Gasteiger partial charge in [-0.1, -0.05) is 22.0 Å². The van der Waals surface area contributed by atoms with E-state index in [1.54, 1.807) is 25.5 Å². The van der Waals surface area contributed by atoms with Gasteiger partial charge in [0.15, 0.2) is 0 Å². The van der Waals surface area contributed by atoms with Crippen LogP contribution in [0.1, 0.15) is 30.4 Å². The Bertz CT molecular complexity index is 542. The lowest BCUT2D eigenvalue weighted by molar-refractivity contribution is 0.144. The van der Waals surface area contributed by atoms with Crippen molar-refractivity contribution in [3.63, 3.8) is 0 Å². The van der Waals surface area contributed by atoms with Gasteiger partial charge in [-0.2, -0.15) is 0 Å². The molecule has 5 heteroatoms. The van der Waals surface area contributed by atoms with Crippen LogP contribution in [-0.4, -0.2) is 18.8 Å². The molecule has 0 amide bonds. The topological polar surface area (TPSA) is 54.6 Å². The van der Waals surface area contributed by atoms with Gasteiger partial charge >= 0.3 is 0 Å². The molecule has 2 aromatic rings. The Kier molecular flexibility index (Phi) is 5.23. The second-order valence-electron chi connectivity index (χ2n) is 4.55. The highest BCUT2D eigenvalue weighted by atomic mass is 79.9. The highest BCUT2D eigenvalue weighted by Crippen LogP contribution is 2.27. The molecular formula is C15H18BrNO3. The van der Waals surface area contributed by atoms with Crippen molar-refractivity contribution in [1.29, 1.82) is 0 Å². The highest BCUT2D eigenvalue weighted by Gasteiger charge is 2.14. The molecule has 0 bridgehead atoms. The fourth-order valence-corrected chi connectivity index (χ4v) is 2.67. The highest BCUT2D eigenvalue weighted by molar-refractivity contribution is 9.10. The van der Waals surface area contributed by atoms with E-state index in [9.17, 15) is 5.11 Å². The van der Waals surface area contributed by atoms with Crippen molar-refractivity contribution in [2.45, 2.75) is 19.1 Å². The number of nitrogens with one attached hydrogen (secondary N) is 1. The summed E-state index contributed by atoms with van der Waals surface area (Å²) >= 11 is 3.53. The fourth-order valence-electron chi connectivity index (χ4n) is 1.97. The number of aliphatic hydroxyl groups excluding tert-OH is 1. The van der Waals surface area contributed by atoms with Gasteiger partial charge in [0.1, 0.15) is 17.6 Å². The summed E-state index contributed by atoms with van der Waals surface area (Å²) < 4.78 is 11.3. The van der Waals surface area contributed by atoms with Gasteiger partial charge in [0.2, 0.25) is 0 Å². The number of methoxy groups -OCH3 is 1. The molecule has 0 unspecified atom stereocenters. The molecule has 1 aromatic carbocycles. The quantitative estimate of drug-likeness (QED) is 0.846. The molecule has 0 spiro atoms. The summed E-state index contributed by atoms with van der Waals surface area (Å²) in [6.45, 7) is 2.47. The predicted octanol–water partition coefficient (Wildman–Crippen LogP) is 3.43. The molecular weight excluding hydrogens is 322 g/mol. The van der Waals surface area contributed by atoms with E-state index in [0.717, 1.165) is 15.8 Å². The second kappa shape index (κ2) is 6.92. The van der Waals surface area contributed by atoms with Gasteiger partial charge < -0.3 is 19.6 Å². The maximum atomic E-state index is 9.97. The Morgan fingerprint density at radius 3 is 2.80 bits per heavy atom. The molecule has 0 saturated heterocycles. The zero-order valence-electron chi connectivity index (χ0n) is 11.5. The van der Waals surface area contributed by atoms with Crippen molar-refractivity contribution < 1.29 is 14.3 Å². The molecule has 0 fully saturated rings. The number of benzene rings is 1. The van der Waals surface area contributed by atoms with Crippen molar-refractivity contribution >= 4 is 15.9 Å². The number of rotatable bonds is 6. The molecule has 0 aliphatic heterocycles. The smallest absolute Gasteiger partial charge is 0.133 e. The summed E-state index contributed by atoms with van der Waals surface area (Å²) in [5, 5.41) is 13.3. The monoisotopic (exact) mass is 339 g/mol. The van der Waals surface area contributed by atoms with Crippen LogP contribution in [0.2, 0.25) is 0 Å². The molecule has 108 valence electrons. The summed E-state index contributed by atoms with van der Waals surface area (Å²) in [4.78, 5) is 0. The maximum Gasteiger partial charge on any atom is 0.133 e. The number of furan rings is 1. The van der Waals surface area contributed by atoms with Crippen LogP contribution < -0.4 is 10.1 Å². The molecule has 2 rings (SSSR count). The summed E-state index contributed by atoms with van der Waals surface area (Å²) in [7, 11) is 1.64. The third kappa shape index (κ3) is 3.62. The van der Waals surface area contributed by atoms with Crippen molar-refractivity contribution in [2.24, 2.45) is 0 Å². The molecule has 20 heavy (non-hydrogen) atoms. The van der Waals surface area contributed by atoms with Crippen LogP contribution in [0.15, 0.2) is 45.5 Å². The Hall–Kier alpha value is -1.30. The normalized spacial score (nSPS) is 14.0. The summed E-state index contributed by atoms with van der Waals surface area (Å²) in [5.41, 5.74) is 1.11. The van der Waals surface area contributed by atoms with Gasteiger partial charge in [0, 0.05) is 17.1 Å². The van der Waals surface area contributed by atoms with Crippen LogP contribution in [0.5, 0.6) is 5.75 Å². The van der Waals surface area contributed by atoms with E-state index in [2.05, 4.69) is 21.2 Å². The van der Waals surface area contributed by atoms with E-state index < -0.39 is 6.10 Å². The molecule has 1 heterocycles. The van der Waals surface area contributed by atoms with Gasteiger partial charge in [-0.25, -0.2) is 0 Å². The molecule has 2 N–H and O–H groups in total. The first kappa shape index (κ1) is 15.1. The zero-order valence-corrected chi connectivity index (χ0v) is 13.1. The Balaban J connectivity index is 1.96. The minimum absolute atomic E-state index is 0.0971. The molecule has 4 nitrogen and oxygen atoms in total. The minimum atomic E-state index is -0.649. The predicted molar refractivity (Wildman–Crippen MR) is 80.8 cm³/mol. The summed E-state index contributed by atoms with van der Waals surface area (Å²) in [5.74, 6) is 1.38. The first-order chi connectivity index (χ1) is 9.61. The molecule has 1 aromatic heterocycles. The third-order valence-corrected chi connectivity index (χ3v) is 3.85. The van der Waals surface area contributed by atoms with Crippen LogP contribution in [0.25, 0.3) is 0 Å². The van der Waals surface area contributed by atoms with E-state index >= 15 is 0 Å². The van der Waals surface area contributed by atoms with E-state index in [1.165, 1.54) is 0 Å². The van der Waals surface area contributed by atoms with Crippen molar-refractivity contribution in [3.05, 3.63) is 52.4 Å². The lowest BCUT2D eigenvalue weighted by Crippen LogP contribution is -2.24. The fraction of sp³-hybridized carbons (Fsp3) is 0.333. The van der Waals surface area contributed by atoms with Crippen molar-refractivity contribution in [1.82, 2.24) is 5.32 Å². The van der Waals surface area contributed by atoms with E-state index in [-0.39, 0.29) is 6.04 Å². The van der Waals surface area contributed by atoms with Crippen LogP contribution in [0.3, 0.4) is 0 Å². The molecule has 2 atom stereocenters. The van der Waals surface area contributed by atoms with E-state index in [4.69, 9.17) is 9.15 Å². The van der Waals surface area contributed by atoms with Crippen LogP contribution >= 0.6 is 15.9 Å². The number of halogens is 1. The first-order valence-electron chi connectivity index (χ1n) is 6.40. The average Bonchev–Trinajstić information content (AvgIpc) is 2.98. The first-order valence-corrected chi connectivity index (χ1v) is 7.19. The number of hydrogen-bond acceptors (Lipinski definition) is 4. The number of ether oxygens (including phenoxy) is 1. The molecule has 0 aliphatic rings. The second-order valence-corrected chi connectivity index (χ2v) is 5.40. The van der Waals surface area contributed by atoms with Gasteiger partial charge in [-0.15, -0.1) is 0 Å². The zero-order chi connectivity index (χ0) is 14.5. The van der Waals surface area contributed by atoms with E-state index in [1.807, 2.05) is 25.1 Å². The molecule has 0 radical (unpaired) electrons. The lowest BCUT2D eigenvalue weighted by atomic mass is 10.1.